The van der Waals surface area contributed by atoms with Crippen molar-refractivity contribution >= 4 is 29.6 Å². The minimum Gasteiger partial charge on any atom is -0.298 e. The summed E-state index contributed by atoms with van der Waals surface area (Å²) in [5.41, 5.74) is 8.35. The molecule has 1 aromatic rings. The number of amides is 1. The van der Waals surface area contributed by atoms with E-state index >= 15 is 0 Å². The van der Waals surface area contributed by atoms with E-state index in [1.165, 1.54) is 11.2 Å². The molecule has 0 N–H and O–H groups in total. The number of azide groups is 1. The molecule has 1 amide bonds. The Morgan fingerprint density at radius 2 is 2.42 bits per heavy atom. The van der Waals surface area contributed by atoms with Crippen LogP contribution in [0.2, 0.25) is 5.15 Å². The molecular weight excluding hydrogens is 272 g/mol. The number of halogens is 1. The van der Waals surface area contributed by atoms with Crippen molar-refractivity contribution in [3.05, 3.63) is 27.5 Å². The number of nitrogens with zero attached hydrogens (tertiary/aromatic N) is 6. The second-order valence-corrected chi connectivity index (χ2v) is 4.37. The Morgan fingerprint density at radius 3 is 3.11 bits per heavy atom. The van der Waals surface area contributed by atoms with Gasteiger partial charge >= 0.3 is 0 Å². The number of hydrogen-bond acceptors (Lipinski definition) is 5. The minimum atomic E-state index is -0.184. The van der Waals surface area contributed by atoms with E-state index in [-0.39, 0.29) is 41.3 Å². The summed E-state index contributed by atoms with van der Waals surface area (Å²) in [6, 6.07) is 0. The van der Waals surface area contributed by atoms with Gasteiger partial charge in [-0.1, -0.05) is 16.7 Å². The lowest BCUT2D eigenvalue weighted by Gasteiger charge is -2.16. The number of aldehydes is 1. The fourth-order valence-electron chi connectivity index (χ4n) is 1.94. The predicted octanol–water partition coefficient (Wildman–Crippen LogP) is 1.61. The van der Waals surface area contributed by atoms with Gasteiger partial charge in [-0.05, 0) is 11.4 Å². The van der Waals surface area contributed by atoms with Gasteiger partial charge in [-0.25, -0.2) is 9.97 Å². The quantitative estimate of drug-likeness (QED) is 0.274. The highest BCUT2D eigenvalue weighted by Gasteiger charge is 2.32. The van der Waals surface area contributed by atoms with Crippen LogP contribution >= 0.6 is 11.6 Å². The van der Waals surface area contributed by atoms with Gasteiger partial charge in [0.25, 0.3) is 0 Å². The number of aromatic nitrogens is 2. The Bertz CT molecular complexity index is 571. The molecule has 0 aromatic carbocycles. The summed E-state index contributed by atoms with van der Waals surface area (Å²) in [5.74, 6) is -0.0731. The van der Waals surface area contributed by atoms with Gasteiger partial charge in [-0.15, -0.1) is 0 Å². The third kappa shape index (κ3) is 2.64. The zero-order valence-corrected chi connectivity index (χ0v) is 10.5. The average molecular weight is 281 g/mol. The normalized spacial score (nSPS) is 18.3. The zero-order valence-electron chi connectivity index (χ0n) is 9.73. The van der Waals surface area contributed by atoms with Gasteiger partial charge in [-0.2, -0.15) is 0 Å². The Balaban J connectivity index is 2.28. The number of hydrogen-bond donors (Lipinski definition) is 0. The van der Waals surface area contributed by atoms with Crippen LogP contribution in [0.3, 0.4) is 0 Å². The van der Waals surface area contributed by atoms with Crippen molar-refractivity contribution in [2.45, 2.75) is 6.42 Å². The lowest BCUT2D eigenvalue weighted by molar-refractivity contribution is -0.117. The summed E-state index contributed by atoms with van der Waals surface area (Å²) in [5, 5.41) is 3.46. The Kier molecular flexibility index (Phi) is 3.94. The van der Waals surface area contributed by atoms with Crippen LogP contribution in [0.25, 0.3) is 10.4 Å². The molecule has 1 saturated heterocycles. The molecule has 2 heterocycles. The summed E-state index contributed by atoms with van der Waals surface area (Å²) in [6.07, 6.45) is 1.96. The van der Waals surface area contributed by atoms with E-state index in [0.29, 0.717) is 12.8 Å². The largest absolute Gasteiger partial charge is 0.298 e. The van der Waals surface area contributed by atoms with Gasteiger partial charge in [-0.3, -0.25) is 14.5 Å². The van der Waals surface area contributed by atoms with Crippen molar-refractivity contribution in [3.63, 3.8) is 0 Å². The first-order valence-corrected chi connectivity index (χ1v) is 5.82. The highest BCUT2D eigenvalue weighted by molar-refractivity contribution is 6.32. The third-order valence-corrected chi connectivity index (χ3v) is 3.10. The summed E-state index contributed by atoms with van der Waals surface area (Å²) in [4.78, 5) is 34.6. The van der Waals surface area contributed by atoms with Gasteiger partial charge in [0.1, 0.15) is 11.5 Å². The Morgan fingerprint density at radius 1 is 1.63 bits per heavy atom. The van der Waals surface area contributed by atoms with E-state index in [0.717, 1.165) is 0 Å². The standard InChI is InChI=1S/C10H9ClN6O2/c11-9-7(4-18)10(14-5-13-9)17-3-6(1-8(17)19)2-15-16-12/h4-6H,1-3H2. The molecule has 1 unspecified atom stereocenters. The fourth-order valence-corrected chi connectivity index (χ4v) is 2.12. The minimum absolute atomic E-state index is 0.00583. The first-order chi connectivity index (χ1) is 9.17. The van der Waals surface area contributed by atoms with Crippen LogP contribution in [0.15, 0.2) is 11.4 Å². The SMILES string of the molecule is [N-]=[N+]=NCC1CC(=O)N(c2ncnc(Cl)c2C=O)C1. The van der Waals surface area contributed by atoms with Crippen LogP contribution in [0.5, 0.6) is 0 Å². The molecule has 0 spiro atoms. The van der Waals surface area contributed by atoms with E-state index in [1.54, 1.807) is 0 Å². The molecule has 1 aromatic heterocycles. The lowest BCUT2D eigenvalue weighted by Crippen LogP contribution is -2.27. The maximum Gasteiger partial charge on any atom is 0.228 e. The highest BCUT2D eigenvalue weighted by atomic mass is 35.5. The van der Waals surface area contributed by atoms with Crippen molar-refractivity contribution in [1.29, 1.82) is 0 Å². The molecule has 1 aliphatic heterocycles. The molecular formula is C10H9ClN6O2. The summed E-state index contributed by atoms with van der Waals surface area (Å²) in [6.45, 7) is 0.569. The average Bonchev–Trinajstić information content (AvgIpc) is 2.77. The van der Waals surface area contributed by atoms with Crippen molar-refractivity contribution in [2.75, 3.05) is 18.0 Å². The molecule has 1 fully saturated rings. The second-order valence-electron chi connectivity index (χ2n) is 4.01. The van der Waals surface area contributed by atoms with Crippen molar-refractivity contribution in [2.24, 2.45) is 11.0 Å². The van der Waals surface area contributed by atoms with Crippen LogP contribution in [-0.2, 0) is 4.79 Å². The second kappa shape index (κ2) is 5.64. The zero-order chi connectivity index (χ0) is 13.8. The molecule has 19 heavy (non-hydrogen) atoms. The number of anilines is 1. The van der Waals surface area contributed by atoms with Gasteiger partial charge in [0.2, 0.25) is 5.91 Å². The summed E-state index contributed by atoms with van der Waals surface area (Å²) >= 11 is 5.79. The Hall–Kier alpha value is -2.18. The highest BCUT2D eigenvalue weighted by Crippen LogP contribution is 2.28. The van der Waals surface area contributed by atoms with Crippen molar-refractivity contribution in [3.8, 4) is 0 Å². The summed E-state index contributed by atoms with van der Waals surface area (Å²) in [7, 11) is 0. The molecule has 0 radical (unpaired) electrons. The van der Waals surface area contributed by atoms with E-state index in [1.807, 2.05) is 0 Å². The first-order valence-electron chi connectivity index (χ1n) is 5.44. The van der Waals surface area contributed by atoms with Gasteiger partial charge in [0.15, 0.2) is 12.1 Å². The smallest absolute Gasteiger partial charge is 0.228 e. The van der Waals surface area contributed by atoms with Gasteiger partial charge < -0.3 is 0 Å². The van der Waals surface area contributed by atoms with Crippen LogP contribution in [0.1, 0.15) is 16.8 Å². The molecule has 9 heteroatoms. The molecule has 8 nitrogen and oxygen atoms in total. The first kappa shape index (κ1) is 13.3. The molecule has 0 saturated carbocycles. The summed E-state index contributed by atoms with van der Waals surface area (Å²) < 4.78 is 0. The van der Waals surface area contributed by atoms with E-state index in [9.17, 15) is 9.59 Å². The molecule has 2 rings (SSSR count). The van der Waals surface area contributed by atoms with Crippen LogP contribution in [0, 0.1) is 5.92 Å². The molecule has 0 bridgehead atoms. The lowest BCUT2D eigenvalue weighted by atomic mass is 10.1. The van der Waals surface area contributed by atoms with Crippen molar-refractivity contribution in [1.82, 2.24) is 9.97 Å². The van der Waals surface area contributed by atoms with E-state index in [2.05, 4.69) is 20.0 Å². The number of carbonyl (C=O) groups is 2. The topological polar surface area (TPSA) is 112 Å². The van der Waals surface area contributed by atoms with Gasteiger partial charge in [0.05, 0.1) is 5.56 Å². The van der Waals surface area contributed by atoms with Gasteiger partial charge in [0, 0.05) is 24.4 Å². The monoisotopic (exact) mass is 280 g/mol. The van der Waals surface area contributed by atoms with Crippen molar-refractivity contribution < 1.29 is 9.59 Å². The molecule has 98 valence electrons. The fraction of sp³-hybridized carbons (Fsp3) is 0.400. The van der Waals surface area contributed by atoms with Crippen LogP contribution < -0.4 is 4.90 Å². The predicted molar refractivity (Wildman–Crippen MR) is 66.9 cm³/mol. The number of carbonyl (C=O) groups excluding carboxylic acids is 2. The molecule has 1 atom stereocenters. The third-order valence-electron chi connectivity index (χ3n) is 2.80. The molecule has 1 aliphatic rings. The Labute approximate surface area is 113 Å². The number of rotatable bonds is 4. The maximum atomic E-state index is 11.9. The van der Waals surface area contributed by atoms with E-state index in [4.69, 9.17) is 17.1 Å². The maximum absolute atomic E-state index is 11.9. The van der Waals surface area contributed by atoms with Crippen LogP contribution in [0.4, 0.5) is 5.82 Å². The van der Waals surface area contributed by atoms with Crippen LogP contribution in [-0.4, -0.2) is 35.3 Å². The molecule has 0 aliphatic carbocycles. The van der Waals surface area contributed by atoms with E-state index < -0.39 is 0 Å².